The van der Waals surface area contributed by atoms with Gasteiger partial charge in [-0.05, 0) is 40.5 Å². The van der Waals surface area contributed by atoms with Crippen LogP contribution in [0, 0.1) is 5.41 Å². The second-order valence-corrected chi connectivity index (χ2v) is 8.20. The van der Waals surface area contributed by atoms with E-state index in [-0.39, 0.29) is 19.1 Å². The van der Waals surface area contributed by atoms with Crippen LogP contribution in [0.3, 0.4) is 0 Å². The molecule has 0 aromatic carbocycles. The summed E-state index contributed by atoms with van der Waals surface area (Å²) in [5.41, 5.74) is -0.554. The average Bonchev–Trinajstić information content (AvgIpc) is 2.99. The number of likely N-dealkylation sites (tertiary alicyclic amines) is 2. The number of carbonyl (C=O) groups excluding carboxylic acids is 3. The lowest BCUT2D eigenvalue weighted by Crippen LogP contribution is -2.50. The number of esters is 1. The van der Waals surface area contributed by atoms with Crippen LogP contribution in [0.25, 0.3) is 0 Å². The summed E-state index contributed by atoms with van der Waals surface area (Å²) in [4.78, 5) is 39.9. The van der Waals surface area contributed by atoms with Crippen LogP contribution in [0.15, 0.2) is 11.3 Å². The lowest BCUT2D eigenvalue weighted by molar-refractivity contribution is -0.140. The van der Waals surface area contributed by atoms with Crippen LogP contribution in [0.4, 0.5) is 4.79 Å². The molecule has 0 unspecified atom stereocenters. The first-order valence-electron chi connectivity index (χ1n) is 8.90. The highest BCUT2D eigenvalue weighted by Gasteiger charge is 2.56. The molecule has 0 saturated carbocycles. The highest BCUT2D eigenvalue weighted by molar-refractivity contribution is 5.94. The number of hydrogen-bond donors (Lipinski definition) is 1. The maximum atomic E-state index is 13.1. The monoisotopic (exact) mass is 366 g/mol. The van der Waals surface area contributed by atoms with Gasteiger partial charge in [0.15, 0.2) is 0 Å². The summed E-state index contributed by atoms with van der Waals surface area (Å²) in [7, 11) is 0. The minimum absolute atomic E-state index is 0.0588. The van der Waals surface area contributed by atoms with Gasteiger partial charge in [-0.1, -0.05) is 0 Å². The van der Waals surface area contributed by atoms with E-state index in [1.54, 1.807) is 32.6 Å². The zero-order valence-corrected chi connectivity index (χ0v) is 15.7. The number of ether oxygens (including phenoxy) is 2. The van der Waals surface area contributed by atoms with Crippen molar-refractivity contribution in [2.24, 2.45) is 5.41 Å². The van der Waals surface area contributed by atoms with E-state index in [9.17, 15) is 19.5 Å². The molecule has 1 N–H and O–H groups in total. The highest BCUT2D eigenvalue weighted by atomic mass is 16.6. The molecular formula is C18H26N2O6. The molecule has 2 amide bonds. The first kappa shape index (κ1) is 18.7. The third-order valence-corrected chi connectivity index (χ3v) is 5.38. The molecule has 3 rings (SSSR count). The summed E-state index contributed by atoms with van der Waals surface area (Å²) >= 11 is 0. The number of hydrogen-bond acceptors (Lipinski definition) is 6. The first-order chi connectivity index (χ1) is 12.0. The van der Waals surface area contributed by atoms with Gasteiger partial charge in [-0.15, -0.1) is 0 Å². The molecular weight excluding hydrogens is 340 g/mol. The van der Waals surface area contributed by atoms with Crippen molar-refractivity contribution in [3.8, 4) is 0 Å². The maximum Gasteiger partial charge on any atom is 0.410 e. The number of carbonyl (C=O) groups is 3. The fourth-order valence-corrected chi connectivity index (χ4v) is 3.79. The molecule has 0 bridgehead atoms. The van der Waals surface area contributed by atoms with E-state index in [1.165, 1.54) is 4.90 Å². The van der Waals surface area contributed by atoms with E-state index < -0.39 is 29.2 Å². The summed E-state index contributed by atoms with van der Waals surface area (Å²) in [6.45, 7) is 7.94. The molecule has 3 heterocycles. The Hall–Kier alpha value is -2.09. The Kier molecular flexibility index (Phi) is 4.50. The quantitative estimate of drug-likeness (QED) is 0.697. The summed E-state index contributed by atoms with van der Waals surface area (Å²) in [5.74, 6) is -0.621. The molecule has 3 aliphatic rings. The average molecular weight is 366 g/mol. The van der Waals surface area contributed by atoms with Crippen LogP contribution in [0.1, 0.15) is 40.5 Å². The Labute approximate surface area is 152 Å². The Morgan fingerprint density at radius 3 is 2.38 bits per heavy atom. The topological polar surface area (TPSA) is 96.4 Å². The van der Waals surface area contributed by atoms with Crippen LogP contribution in [-0.2, 0) is 19.1 Å². The Balaban J connectivity index is 1.71. The summed E-state index contributed by atoms with van der Waals surface area (Å²) in [6.07, 6.45) is -0.516. The van der Waals surface area contributed by atoms with Crippen LogP contribution in [-0.4, -0.2) is 70.8 Å². The number of cyclic esters (lactones) is 1. The van der Waals surface area contributed by atoms with Crippen LogP contribution in [0.2, 0.25) is 0 Å². The van der Waals surface area contributed by atoms with Crippen molar-refractivity contribution >= 4 is 18.0 Å². The minimum Gasteiger partial charge on any atom is -0.456 e. The lowest BCUT2D eigenvalue weighted by atomic mass is 9.75. The Morgan fingerprint density at radius 2 is 1.88 bits per heavy atom. The zero-order chi connectivity index (χ0) is 19.3. The number of aliphatic hydroxyl groups is 1. The van der Waals surface area contributed by atoms with Gasteiger partial charge in [0.1, 0.15) is 12.2 Å². The van der Waals surface area contributed by atoms with Crippen LogP contribution < -0.4 is 0 Å². The van der Waals surface area contributed by atoms with Gasteiger partial charge in [0.2, 0.25) is 5.91 Å². The van der Waals surface area contributed by atoms with Gasteiger partial charge in [-0.2, -0.15) is 0 Å². The minimum atomic E-state index is -0.919. The van der Waals surface area contributed by atoms with Crippen molar-refractivity contribution in [3.63, 3.8) is 0 Å². The Bertz CT molecular complexity index is 670. The number of amides is 2. The van der Waals surface area contributed by atoms with E-state index in [4.69, 9.17) is 9.47 Å². The van der Waals surface area contributed by atoms with Gasteiger partial charge in [0.05, 0.1) is 29.3 Å². The molecule has 2 fully saturated rings. The standard InChI is InChI=1S/C18H26N2O6/c1-11-12(10-25-14(11)22)20-9-13(21)18(15(20)23)5-7-19(8-6-18)16(24)26-17(2,3)4/h13,21H,5-10H2,1-4H3/t13-/m1/s1. The van der Waals surface area contributed by atoms with Gasteiger partial charge >= 0.3 is 12.1 Å². The van der Waals surface area contributed by atoms with Crippen molar-refractivity contribution in [1.29, 1.82) is 0 Å². The normalized spacial score (nSPS) is 26.0. The van der Waals surface area contributed by atoms with E-state index >= 15 is 0 Å². The van der Waals surface area contributed by atoms with E-state index in [0.717, 1.165) is 0 Å². The van der Waals surface area contributed by atoms with Crippen molar-refractivity contribution in [2.75, 3.05) is 26.2 Å². The zero-order valence-electron chi connectivity index (χ0n) is 15.7. The molecule has 0 aromatic rings. The van der Waals surface area contributed by atoms with Crippen LogP contribution in [0.5, 0.6) is 0 Å². The SMILES string of the molecule is CC1=C(N2C[C@@H](O)C3(CCN(C(=O)OC(C)(C)C)CC3)C2=O)COC1=O. The third-order valence-electron chi connectivity index (χ3n) is 5.38. The maximum absolute atomic E-state index is 13.1. The predicted octanol–water partition coefficient (Wildman–Crippen LogP) is 1.04. The summed E-state index contributed by atoms with van der Waals surface area (Å²) in [6, 6.07) is 0. The molecule has 0 radical (unpaired) electrons. The third kappa shape index (κ3) is 3.06. The summed E-state index contributed by atoms with van der Waals surface area (Å²) in [5, 5.41) is 10.6. The van der Waals surface area contributed by atoms with Gasteiger partial charge in [0, 0.05) is 13.1 Å². The molecule has 1 spiro atoms. The van der Waals surface area contributed by atoms with Crippen molar-refractivity contribution in [2.45, 2.75) is 52.2 Å². The van der Waals surface area contributed by atoms with E-state index in [2.05, 4.69) is 0 Å². The summed E-state index contributed by atoms with van der Waals surface area (Å²) < 4.78 is 10.4. The van der Waals surface area contributed by atoms with Crippen molar-refractivity contribution < 1.29 is 29.0 Å². The fourth-order valence-electron chi connectivity index (χ4n) is 3.79. The lowest BCUT2D eigenvalue weighted by Gasteiger charge is -2.39. The molecule has 8 nitrogen and oxygen atoms in total. The predicted molar refractivity (Wildman–Crippen MR) is 90.9 cm³/mol. The largest absolute Gasteiger partial charge is 0.456 e. The molecule has 0 aromatic heterocycles. The smallest absolute Gasteiger partial charge is 0.410 e. The van der Waals surface area contributed by atoms with Crippen molar-refractivity contribution in [1.82, 2.24) is 9.80 Å². The number of aliphatic hydroxyl groups excluding tert-OH is 1. The number of β-amino-alcohol motifs (C(OH)–C–C–N with tert-alkyl or cyclic N) is 1. The van der Waals surface area contributed by atoms with E-state index in [0.29, 0.717) is 37.2 Å². The number of nitrogens with zero attached hydrogens (tertiary/aromatic N) is 2. The second-order valence-electron chi connectivity index (χ2n) is 8.20. The van der Waals surface area contributed by atoms with Crippen LogP contribution >= 0.6 is 0 Å². The first-order valence-corrected chi connectivity index (χ1v) is 8.90. The fraction of sp³-hybridized carbons (Fsp3) is 0.722. The molecule has 26 heavy (non-hydrogen) atoms. The number of rotatable bonds is 1. The van der Waals surface area contributed by atoms with E-state index in [1.807, 2.05) is 0 Å². The Morgan fingerprint density at radius 1 is 1.27 bits per heavy atom. The van der Waals surface area contributed by atoms with Gasteiger partial charge in [-0.25, -0.2) is 9.59 Å². The molecule has 3 aliphatic heterocycles. The van der Waals surface area contributed by atoms with Gasteiger partial charge < -0.3 is 24.4 Å². The molecule has 0 aliphatic carbocycles. The second kappa shape index (κ2) is 6.26. The van der Waals surface area contributed by atoms with Crippen molar-refractivity contribution in [3.05, 3.63) is 11.3 Å². The van der Waals surface area contributed by atoms with Gasteiger partial charge in [0.25, 0.3) is 0 Å². The molecule has 1 atom stereocenters. The molecule has 2 saturated heterocycles. The molecule has 8 heteroatoms. The number of piperidine rings is 1. The molecule has 144 valence electrons. The van der Waals surface area contributed by atoms with Gasteiger partial charge in [-0.3, -0.25) is 4.79 Å². The highest BCUT2D eigenvalue weighted by Crippen LogP contribution is 2.44.